The Morgan fingerprint density at radius 1 is 0.786 bits per heavy atom. The van der Waals surface area contributed by atoms with E-state index in [0.29, 0.717) is 22.9 Å². The van der Waals surface area contributed by atoms with Gasteiger partial charge < -0.3 is 19.9 Å². The lowest BCUT2D eigenvalue weighted by Crippen LogP contribution is -2.42. The number of amides is 1. The number of carboxylic acids is 1. The van der Waals surface area contributed by atoms with Gasteiger partial charge in [-0.05, 0) is 59.2 Å². The van der Waals surface area contributed by atoms with E-state index in [1.165, 1.54) is 48.5 Å². The first-order valence-electron chi connectivity index (χ1n) is 12.1. The molecule has 3 aromatic carbocycles. The first-order valence-corrected chi connectivity index (χ1v) is 12.1. The molecule has 0 aliphatic carbocycles. The van der Waals surface area contributed by atoms with E-state index in [1.807, 2.05) is 0 Å². The van der Waals surface area contributed by atoms with Crippen LogP contribution in [0.5, 0.6) is 17.4 Å². The molecule has 0 spiro atoms. The number of carbonyl (C=O) groups excluding carboxylic acids is 1. The third-order valence-electron chi connectivity index (χ3n) is 5.82. The number of hydrogen-bond acceptors (Lipinski definition) is 5. The van der Waals surface area contributed by atoms with Gasteiger partial charge in [0.05, 0.1) is 5.56 Å². The summed E-state index contributed by atoms with van der Waals surface area (Å²) >= 11 is 0. The summed E-state index contributed by atoms with van der Waals surface area (Å²) in [5.74, 6) is -2.22. The van der Waals surface area contributed by atoms with Gasteiger partial charge in [-0.15, -0.1) is 13.2 Å². The lowest BCUT2D eigenvalue weighted by Gasteiger charge is -2.15. The summed E-state index contributed by atoms with van der Waals surface area (Å²) in [5.41, 5.74) is 1.04. The molecule has 42 heavy (non-hydrogen) atoms. The molecule has 4 rings (SSSR count). The van der Waals surface area contributed by atoms with Crippen LogP contribution in [0.15, 0.2) is 91.1 Å². The second-order valence-electron chi connectivity index (χ2n) is 8.85. The highest BCUT2D eigenvalue weighted by molar-refractivity contribution is 5.96. The second-order valence-corrected chi connectivity index (χ2v) is 8.85. The van der Waals surface area contributed by atoms with E-state index >= 15 is 0 Å². The van der Waals surface area contributed by atoms with E-state index in [1.54, 1.807) is 24.3 Å². The highest BCUT2D eigenvalue weighted by atomic mass is 19.4. The molecule has 2 N–H and O–H groups in total. The molecule has 0 aliphatic rings. The van der Waals surface area contributed by atoms with Crippen molar-refractivity contribution in [2.75, 3.05) is 0 Å². The average Bonchev–Trinajstić information content (AvgIpc) is 2.93. The fourth-order valence-electron chi connectivity index (χ4n) is 3.76. The smallest absolute Gasteiger partial charge is 0.480 e. The number of pyridine rings is 1. The summed E-state index contributed by atoms with van der Waals surface area (Å²) in [6.45, 7) is 0. The number of alkyl halides is 6. The van der Waals surface area contributed by atoms with Gasteiger partial charge in [-0.1, -0.05) is 36.4 Å². The summed E-state index contributed by atoms with van der Waals surface area (Å²) < 4.78 is 84.3. The number of aromatic nitrogens is 1. The third kappa shape index (κ3) is 8.22. The van der Waals surface area contributed by atoms with Crippen LogP contribution in [0.3, 0.4) is 0 Å². The van der Waals surface area contributed by atoms with Crippen molar-refractivity contribution in [2.24, 2.45) is 0 Å². The van der Waals surface area contributed by atoms with Crippen LogP contribution >= 0.6 is 0 Å². The fourth-order valence-corrected chi connectivity index (χ4v) is 3.76. The van der Waals surface area contributed by atoms with Crippen LogP contribution < -0.4 is 14.8 Å². The molecule has 0 bridgehead atoms. The van der Waals surface area contributed by atoms with Crippen LogP contribution in [0.2, 0.25) is 0 Å². The van der Waals surface area contributed by atoms with Crippen molar-refractivity contribution >= 4 is 11.9 Å². The number of nitrogens with zero attached hydrogens (tertiary/aromatic N) is 1. The number of nitrogens with one attached hydrogen (secondary N) is 1. The van der Waals surface area contributed by atoms with Crippen molar-refractivity contribution in [2.45, 2.75) is 25.0 Å². The van der Waals surface area contributed by atoms with E-state index < -0.39 is 36.0 Å². The molecule has 0 saturated carbocycles. The molecule has 1 heterocycles. The number of benzene rings is 3. The van der Waals surface area contributed by atoms with Gasteiger partial charge in [0.15, 0.2) is 0 Å². The van der Waals surface area contributed by atoms with Crippen molar-refractivity contribution in [3.8, 4) is 28.5 Å². The molecule has 1 aromatic heterocycles. The summed E-state index contributed by atoms with van der Waals surface area (Å²) in [7, 11) is 0. The van der Waals surface area contributed by atoms with Crippen molar-refractivity contribution in [1.82, 2.24) is 10.3 Å². The summed E-state index contributed by atoms with van der Waals surface area (Å²) in [6, 6.07) is 17.9. The minimum atomic E-state index is -4.80. The lowest BCUT2D eigenvalue weighted by molar-refractivity contribution is -0.274. The zero-order chi connectivity index (χ0) is 30.5. The van der Waals surface area contributed by atoms with Crippen LogP contribution in [0, 0.1) is 0 Å². The molecule has 0 fully saturated rings. The monoisotopic (exact) mass is 590 g/mol. The molecular weight excluding hydrogens is 570 g/mol. The van der Waals surface area contributed by atoms with Gasteiger partial charge in [0.2, 0.25) is 5.88 Å². The van der Waals surface area contributed by atoms with E-state index in [2.05, 4.69) is 15.0 Å². The largest absolute Gasteiger partial charge is 0.573 e. The average molecular weight is 590 g/mol. The third-order valence-corrected chi connectivity index (χ3v) is 5.82. The number of ether oxygens (including phenoxy) is 2. The normalized spacial score (nSPS) is 12.3. The maximum Gasteiger partial charge on any atom is 0.573 e. The molecule has 0 radical (unpaired) electrons. The molecule has 13 heteroatoms. The minimum absolute atomic E-state index is 0.0551. The number of rotatable bonds is 9. The Kier molecular flexibility index (Phi) is 8.69. The maximum atomic E-state index is 12.7. The Labute approximate surface area is 234 Å². The predicted octanol–water partition coefficient (Wildman–Crippen LogP) is 6.88. The summed E-state index contributed by atoms with van der Waals surface area (Å²) in [6.07, 6.45) is -8.76. The van der Waals surface area contributed by atoms with Crippen LogP contribution in [0.1, 0.15) is 21.5 Å². The number of halogens is 6. The fraction of sp³-hybridized carbons (Fsp3) is 0.138. The van der Waals surface area contributed by atoms with Gasteiger partial charge in [-0.25, -0.2) is 9.78 Å². The lowest BCUT2D eigenvalue weighted by atomic mass is 10.0. The van der Waals surface area contributed by atoms with E-state index in [-0.39, 0.29) is 29.4 Å². The Morgan fingerprint density at radius 2 is 1.36 bits per heavy atom. The van der Waals surface area contributed by atoms with Gasteiger partial charge in [-0.2, -0.15) is 13.2 Å². The van der Waals surface area contributed by atoms with Gasteiger partial charge in [-0.3, -0.25) is 4.79 Å². The quantitative estimate of drug-likeness (QED) is 0.206. The molecule has 1 atom stereocenters. The predicted molar refractivity (Wildman–Crippen MR) is 137 cm³/mol. The Morgan fingerprint density at radius 3 is 1.86 bits per heavy atom. The molecule has 4 aromatic rings. The highest BCUT2D eigenvalue weighted by Crippen LogP contribution is 2.30. The molecular formula is C29H20F6N2O5. The van der Waals surface area contributed by atoms with Crippen molar-refractivity contribution < 1.29 is 50.5 Å². The van der Waals surface area contributed by atoms with Crippen molar-refractivity contribution in [1.29, 1.82) is 0 Å². The van der Waals surface area contributed by atoms with Crippen molar-refractivity contribution in [3.05, 3.63) is 108 Å². The van der Waals surface area contributed by atoms with Gasteiger partial charge in [0.25, 0.3) is 5.91 Å². The first-order chi connectivity index (χ1) is 19.8. The molecule has 7 nitrogen and oxygen atoms in total. The number of aliphatic carboxylic acids is 1. The maximum absolute atomic E-state index is 12.7. The zero-order valence-corrected chi connectivity index (χ0v) is 21.2. The van der Waals surface area contributed by atoms with Crippen LogP contribution in [-0.2, 0) is 17.4 Å². The molecule has 0 aliphatic heterocycles. The Hall–Kier alpha value is -5.07. The van der Waals surface area contributed by atoms with Crippen LogP contribution in [0.25, 0.3) is 11.1 Å². The summed E-state index contributed by atoms with van der Waals surface area (Å²) in [4.78, 5) is 28.1. The van der Waals surface area contributed by atoms with Crippen molar-refractivity contribution in [3.63, 3.8) is 0 Å². The van der Waals surface area contributed by atoms with Gasteiger partial charge in [0.1, 0.15) is 17.5 Å². The van der Waals surface area contributed by atoms with Crippen LogP contribution in [0.4, 0.5) is 26.3 Å². The topological polar surface area (TPSA) is 97.8 Å². The zero-order valence-electron chi connectivity index (χ0n) is 21.2. The van der Waals surface area contributed by atoms with Gasteiger partial charge in [0, 0.05) is 24.2 Å². The minimum Gasteiger partial charge on any atom is -0.480 e. The van der Waals surface area contributed by atoms with E-state index in [0.717, 1.165) is 12.1 Å². The molecule has 0 saturated heterocycles. The van der Waals surface area contributed by atoms with Crippen LogP contribution in [-0.4, -0.2) is 34.4 Å². The summed E-state index contributed by atoms with van der Waals surface area (Å²) in [5, 5.41) is 12.1. The Bertz CT molecular complexity index is 1520. The number of carboxylic acid groups (broad SMARTS) is 1. The molecule has 218 valence electrons. The standard InChI is InChI=1S/C29H20F6N2O5/c30-28(31,32)21-9-14-25(36-16-21)41-22-10-7-20(8-11-22)26(38)37-24(27(39)40)15-17-1-3-18(4-2-17)19-5-12-23(13-6-19)42-29(33,34)35/h1-14,16,24H,15H2,(H,37,38)(H,39,40)/t24-/m0/s1. The van der Waals surface area contributed by atoms with E-state index in [4.69, 9.17) is 4.74 Å². The molecule has 1 amide bonds. The molecule has 0 unspecified atom stereocenters. The second kappa shape index (κ2) is 12.2. The first kappa shape index (κ1) is 29.9. The SMILES string of the molecule is O=C(N[C@@H](Cc1ccc(-c2ccc(OC(F)(F)F)cc2)cc1)C(=O)O)c1ccc(Oc2ccc(C(F)(F)F)cn2)cc1. The number of carbonyl (C=O) groups is 2. The van der Waals surface area contributed by atoms with Gasteiger partial charge >= 0.3 is 18.5 Å². The van der Waals surface area contributed by atoms with E-state index in [9.17, 15) is 41.0 Å². The Balaban J connectivity index is 1.35. The highest BCUT2D eigenvalue weighted by Gasteiger charge is 2.31. The number of hydrogen-bond donors (Lipinski definition) is 2.